The molecule has 2 N–H and O–H groups in total. The third-order valence-electron chi connectivity index (χ3n) is 5.85. The van der Waals surface area contributed by atoms with Crippen LogP contribution in [0.15, 0.2) is 54.9 Å². The molecule has 11 nitrogen and oxygen atoms in total. The average Bonchev–Trinajstić information content (AvgIpc) is 3.36. The van der Waals surface area contributed by atoms with E-state index < -0.39 is 24.6 Å². The Hall–Kier alpha value is -3.51. The number of amides is 1. The van der Waals surface area contributed by atoms with Crippen LogP contribution < -0.4 is 5.32 Å². The minimum Gasteiger partial charge on any atom is -0.508 e. The van der Waals surface area contributed by atoms with Gasteiger partial charge in [0.1, 0.15) is 30.4 Å². The Bertz CT molecular complexity index is 1140. The SMILES string of the molecule is CCO[C@@H]1[C@@H](OC)[C@H](C)O[C@H](OC(=O)Nc2ccc(-c3ncn(-c4ccc(O)cc4)n3)cc2)[C@@H]1OC. The third-order valence-corrected chi connectivity index (χ3v) is 5.85. The molecule has 0 unspecified atom stereocenters. The summed E-state index contributed by atoms with van der Waals surface area (Å²) in [6, 6.07) is 13.7. The van der Waals surface area contributed by atoms with E-state index in [1.807, 2.05) is 13.8 Å². The molecule has 1 fully saturated rings. The van der Waals surface area contributed by atoms with Gasteiger partial charge in [-0.2, -0.15) is 0 Å². The summed E-state index contributed by atoms with van der Waals surface area (Å²) < 4.78 is 29.9. The minimum atomic E-state index is -0.972. The molecule has 192 valence electrons. The number of hydrogen-bond donors (Lipinski definition) is 2. The van der Waals surface area contributed by atoms with Crippen molar-refractivity contribution in [2.45, 2.75) is 44.6 Å². The number of aromatic hydroxyl groups is 1. The van der Waals surface area contributed by atoms with Gasteiger partial charge in [0.2, 0.25) is 6.29 Å². The zero-order valence-corrected chi connectivity index (χ0v) is 20.5. The molecule has 2 aromatic carbocycles. The van der Waals surface area contributed by atoms with E-state index >= 15 is 0 Å². The van der Waals surface area contributed by atoms with E-state index in [1.54, 1.807) is 66.6 Å². The Balaban J connectivity index is 1.39. The lowest BCUT2D eigenvalue weighted by Gasteiger charge is -2.43. The molecular formula is C25H30N4O7. The first-order chi connectivity index (χ1) is 17.4. The summed E-state index contributed by atoms with van der Waals surface area (Å²) in [5.74, 6) is 0.690. The van der Waals surface area contributed by atoms with Gasteiger partial charge >= 0.3 is 6.09 Å². The molecule has 11 heteroatoms. The zero-order valence-electron chi connectivity index (χ0n) is 20.5. The smallest absolute Gasteiger partial charge is 0.414 e. The number of carbonyl (C=O) groups excluding carboxylic acids is 1. The Morgan fingerprint density at radius 1 is 1.06 bits per heavy atom. The fourth-order valence-electron chi connectivity index (χ4n) is 4.10. The van der Waals surface area contributed by atoms with Crippen LogP contribution in [0.1, 0.15) is 13.8 Å². The zero-order chi connectivity index (χ0) is 25.7. The van der Waals surface area contributed by atoms with Crippen molar-refractivity contribution < 1.29 is 33.6 Å². The van der Waals surface area contributed by atoms with Gasteiger partial charge in [-0.1, -0.05) is 0 Å². The quantitative estimate of drug-likeness (QED) is 0.481. The van der Waals surface area contributed by atoms with E-state index in [4.69, 9.17) is 23.7 Å². The Kier molecular flexibility index (Phi) is 8.16. The number of nitrogens with zero attached hydrogens (tertiary/aromatic N) is 3. The number of benzene rings is 2. The number of methoxy groups -OCH3 is 2. The molecule has 1 aliphatic heterocycles. The number of aromatic nitrogens is 3. The number of ether oxygens (including phenoxy) is 5. The van der Waals surface area contributed by atoms with Crippen molar-refractivity contribution in [2.75, 3.05) is 26.1 Å². The average molecular weight is 499 g/mol. The Morgan fingerprint density at radius 2 is 1.75 bits per heavy atom. The maximum absolute atomic E-state index is 12.6. The summed E-state index contributed by atoms with van der Waals surface area (Å²) in [4.78, 5) is 17.0. The highest BCUT2D eigenvalue weighted by Crippen LogP contribution is 2.28. The standard InChI is InChI=1S/C25H30N4O7/c1-5-34-21-20(32-3)15(2)35-24(22(21)33-4)36-25(31)27-17-8-6-16(7-9-17)23-26-14-29(28-23)18-10-12-19(30)13-11-18/h6-15,20-22,24,30H,5H2,1-4H3,(H,27,31)/t15-,20-,21+,22+,24+/m0/s1. The van der Waals surface area contributed by atoms with E-state index in [0.29, 0.717) is 18.1 Å². The summed E-state index contributed by atoms with van der Waals surface area (Å²) in [6.07, 6.45) is -1.93. The van der Waals surface area contributed by atoms with Crippen molar-refractivity contribution in [3.05, 3.63) is 54.9 Å². The molecule has 0 aliphatic carbocycles. The number of hydrogen-bond acceptors (Lipinski definition) is 9. The van der Waals surface area contributed by atoms with Gasteiger partial charge in [-0.05, 0) is 62.4 Å². The van der Waals surface area contributed by atoms with Crippen LogP contribution in [-0.2, 0) is 23.7 Å². The molecule has 36 heavy (non-hydrogen) atoms. The summed E-state index contributed by atoms with van der Waals surface area (Å²) in [7, 11) is 3.08. The van der Waals surface area contributed by atoms with E-state index in [1.165, 1.54) is 7.11 Å². The lowest BCUT2D eigenvalue weighted by molar-refractivity contribution is -0.292. The maximum Gasteiger partial charge on any atom is 0.414 e. The lowest BCUT2D eigenvalue weighted by Crippen LogP contribution is -2.60. The normalized spacial score (nSPS) is 23.8. The van der Waals surface area contributed by atoms with Gasteiger partial charge in [0.15, 0.2) is 5.82 Å². The van der Waals surface area contributed by atoms with Gasteiger partial charge < -0.3 is 28.8 Å². The largest absolute Gasteiger partial charge is 0.508 e. The van der Waals surface area contributed by atoms with Crippen LogP contribution in [0.4, 0.5) is 10.5 Å². The van der Waals surface area contributed by atoms with Gasteiger partial charge in [0.05, 0.1) is 11.8 Å². The molecule has 5 atom stereocenters. The van der Waals surface area contributed by atoms with E-state index in [0.717, 1.165) is 11.3 Å². The minimum absolute atomic E-state index is 0.177. The molecular weight excluding hydrogens is 468 g/mol. The predicted molar refractivity (Wildman–Crippen MR) is 130 cm³/mol. The second-order valence-corrected chi connectivity index (χ2v) is 8.17. The highest BCUT2D eigenvalue weighted by molar-refractivity contribution is 5.85. The fraction of sp³-hybridized carbons (Fsp3) is 0.400. The summed E-state index contributed by atoms with van der Waals surface area (Å²) in [5, 5.41) is 16.6. The first-order valence-corrected chi connectivity index (χ1v) is 11.5. The molecule has 0 radical (unpaired) electrons. The van der Waals surface area contributed by atoms with E-state index in [9.17, 15) is 9.90 Å². The maximum atomic E-state index is 12.6. The summed E-state index contributed by atoms with van der Waals surface area (Å²) in [5.41, 5.74) is 2.06. The molecule has 2 heterocycles. The van der Waals surface area contributed by atoms with Crippen molar-refractivity contribution in [1.82, 2.24) is 14.8 Å². The van der Waals surface area contributed by atoms with Crippen LogP contribution in [0.3, 0.4) is 0 Å². The van der Waals surface area contributed by atoms with E-state index in [-0.39, 0.29) is 18.0 Å². The van der Waals surface area contributed by atoms with Crippen molar-refractivity contribution in [3.8, 4) is 22.8 Å². The van der Waals surface area contributed by atoms with Crippen LogP contribution in [0.2, 0.25) is 0 Å². The number of phenolic OH excluding ortho intramolecular Hbond substituents is 1. The van der Waals surface area contributed by atoms with Gasteiger partial charge in [-0.15, -0.1) is 5.10 Å². The number of rotatable bonds is 8. The topological polar surface area (TPSA) is 126 Å². The Morgan fingerprint density at radius 3 is 2.39 bits per heavy atom. The number of nitrogens with one attached hydrogen (secondary N) is 1. The second-order valence-electron chi connectivity index (χ2n) is 8.17. The molecule has 0 spiro atoms. The number of phenols is 1. The van der Waals surface area contributed by atoms with Crippen LogP contribution in [-0.4, -0.2) is 77.5 Å². The molecule has 0 bridgehead atoms. The lowest BCUT2D eigenvalue weighted by atomic mass is 9.99. The van der Waals surface area contributed by atoms with Gasteiger partial charge in [0, 0.05) is 32.1 Å². The molecule has 3 aromatic rings. The molecule has 1 amide bonds. The van der Waals surface area contributed by atoms with Crippen molar-refractivity contribution >= 4 is 11.8 Å². The first kappa shape index (κ1) is 25.6. The van der Waals surface area contributed by atoms with Crippen LogP contribution in [0.25, 0.3) is 17.1 Å². The first-order valence-electron chi connectivity index (χ1n) is 11.5. The Labute approximate surface area is 208 Å². The van der Waals surface area contributed by atoms with Crippen LogP contribution in [0.5, 0.6) is 5.75 Å². The van der Waals surface area contributed by atoms with Crippen molar-refractivity contribution in [2.24, 2.45) is 0 Å². The van der Waals surface area contributed by atoms with Gasteiger partial charge in [0.25, 0.3) is 0 Å². The number of carbonyl (C=O) groups is 1. The van der Waals surface area contributed by atoms with Gasteiger partial charge in [-0.25, -0.2) is 14.5 Å². The molecule has 1 saturated heterocycles. The fourth-order valence-corrected chi connectivity index (χ4v) is 4.10. The monoisotopic (exact) mass is 498 g/mol. The predicted octanol–water partition coefficient (Wildman–Crippen LogP) is 3.37. The van der Waals surface area contributed by atoms with Gasteiger partial charge in [-0.3, -0.25) is 5.32 Å². The highest BCUT2D eigenvalue weighted by atomic mass is 16.7. The van der Waals surface area contributed by atoms with E-state index in [2.05, 4.69) is 15.4 Å². The third kappa shape index (κ3) is 5.65. The van der Waals surface area contributed by atoms with Crippen LogP contribution >= 0.6 is 0 Å². The summed E-state index contributed by atoms with van der Waals surface area (Å²) >= 11 is 0. The molecule has 1 aliphatic rings. The highest BCUT2D eigenvalue weighted by Gasteiger charge is 2.47. The van der Waals surface area contributed by atoms with Crippen LogP contribution in [0, 0.1) is 0 Å². The number of anilines is 1. The molecule has 0 saturated carbocycles. The van der Waals surface area contributed by atoms with Crippen molar-refractivity contribution in [3.63, 3.8) is 0 Å². The molecule has 4 rings (SSSR count). The van der Waals surface area contributed by atoms with Crippen molar-refractivity contribution in [1.29, 1.82) is 0 Å². The molecule has 1 aromatic heterocycles. The summed E-state index contributed by atoms with van der Waals surface area (Å²) in [6.45, 7) is 4.15. The second kappa shape index (κ2) is 11.5.